The fourth-order valence-corrected chi connectivity index (χ4v) is 2.89. The lowest BCUT2D eigenvalue weighted by molar-refractivity contribution is 0.102. The SMILES string of the molecule is NCc1ccc(C(=O)Nc2c(Cl)ccc3scnc23)cc1. The van der Waals surface area contributed by atoms with Crippen LogP contribution < -0.4 is 11.1 Å². The monoisotopic (exact) mass is 317 g/mol. The molecule has 3 rings (SSSR count). The summed E-state index contributed by atoms with van der Waals surface area (Å²) in [6, 6.07) is 10.8. The Balaban J connectivity index is 1.92. The molecule has 21 heavy (non-hydrogen) atoms. The van der Waals surface area contributed by atoms with E-state index in [2.05, 4.69) is 10.3 Å². The molecule has 106 valence electrons. The van der Waals surface area contributed by atoms with Crippen molar-refractivity contribution in [1.29, 1.82) is 0 Å². The molecule has 0 spiro atoms. The molecule has 3 N–H and O–H groups in total. The van der Waals surface area contributed by atoms with Gasteiger partial charge in [0, 0.05) is 12.1 Å². The minimum absolute atomic E-state index is 0.221. The van der Waals surface area contributed by atoms with Gasteiger partial charge in [0.15, 0.2) is 0 Å². The average molecular weight is 318 g/mol. The molecule has 2 aromatic carbocycles. The number of rotatable bonds is 3. The van der Waals surface area contributed by atoms with Crippen LogP contribution in [0.15, 0.2) is 41.9 Å². The Labute approximate surface area is 130 Å². The van der Waals surface area contributed by atoms with E-state index in [4.69, 9.17) is 17.3 Å². The summed E-state index contributed by atoms with van der Waals surface area (Å²) in [5.74, 6) is -0.221. The van der Waals surface area contributed by atoms with E-state index < -0.39 is 0 Å². The maximum atomic E-state index is 12.3. The van der Waals surface area contributed by atoms with Crippen LogP contribution in [-0.4, -0.2) is 10.9 Å². The topological polar surface area (TPSA) is 68.0 Å². The van der Waals surface area contributed by atoms with Gasteiger partial charge in [0.25, 0.3) is 5.91 Å². The Morgan fingerprint density at radius 1 is 1.24 bits per heavy atom. The lowest BCUT2D eigenvalue weighted by atomic mass is 10.1. The summed E-state index contributed by atoms with van der Waals surface area (Å²) in [5, 5.41) is 3.31. The number of thiazole rings is 1. The summed E-state index contributed by atoms with van der Waals surface area (Å²) in [4.78, 5) is 16.6. The molecule has 3 aromatic rings. The van der Waals surface area contributed by atoms with Crippen molar-refractivity contribution < 1.29 is 4.79 Å². The zero-order valence-electron chi connectivity index (χ0n) is 11.0. The minimum atomic E-state index is -0.221. The molecule has 0 aliphatic rings. The number of fused-ring (bicyclic) bond motifs is 1. The molecule has 0 atom stereocenters. The van der Waals surface area contributed by atoms with E-state index >= 15 is 0 Å². The second kappa shape index (κ2) is 5.81. The van der Waals surface area contributed by atoms with Crippen molar-refractivity contribution in [3.8, 4) is 0 Å². The molecule has 1 heterocycles. The number of hydrogen-bond acceptors (Lipinski definition) is 4. The van der Waals surface area contributed by atoms with E-state index in [9.17, 15) is 4.79 Å². The standard InChI is InChI=1S/C15H12ClN3OS/c16-11-5-6-12-14(18-8-21-12)13(11)19-15(20)10-3-1-9(7-17)2-4-10/h1-6,8H,7,17H2,(H,19,20). The van der Waals surface area contributed by atoms with Crippen LogP contribution in [0.4, 0.5) is 5.69 Å². The Bertz CT molecular complexity index is 798. The zero-order valence-corrected chi connectivity index (χ0v) is 12.5. The number of amides is 1. The summed E-state index contributed by atoms with van der Waals surface area (Å²) in [7, 11) is 0. The van der Waals surface area contributed by atoms with Crippen LogP contribution in [0.2, 0.25) is 5.02 Å². The molecular formula is C15H12ClN3OS. The highest BCUT2D eigenvalue weighted by atomic mass is 35.5. The summed E-state index contributed by atoms with van der Waals surface area (Å²) in [5.41, 5.74) is 10.1. The number of hydrogen-bond donors (Lipinski definition) is 2. The molecule has 0 unspecified atom stereocenters. The normalized spacial score (nSPS) is 10.8. The fraction of sp³-hybridized carbons (Fsp3) is 0.0667. The second-order valence-electron chi connectivity index (χ2n) is 4.48. The zero-order chi connectivity index (χ0) is 14.8. The molecule has 0 aliphatic carbocycles. The second-order valence-corrected chi connectivity index (χ2v) is 5.77. The highest BCUT2D eigenvalue weighted by Crippen LogP contribution is 2.32. The van der Waals surface area contributed by atoms with Gasteiger partial charge in [0.1, 0.15) is 5.52 Å². The third-order valence-electron chi connectivity index (χ3n) is 3.14. The number of halogens is 1. The van der Waals surface area contributed by atoms with Gasteiger partial charge in [-0.15, -0.1) is 11.3 Å². The van der Waals surface area contributed by atoms with E-state index in [1.54, 1.807) is 23.7 Å². The van der Waals surface area contributed by atoms with E-state index in [1.807, 2.05) is 18.2 Å². The van der Waals surface area contributed by atoms with E-state index in [-0.39, 0.29) is 5.91 Å². The van der Waals surface area contributed by atoms with Crippen molar-refractivity contribution >= 4 is 44.7 Å². The van der Waals surface area contributed by atoms with Gasteiger partial charge >= 0.3 is 0 Å². The number of nitrogens with two attached hydrogens (primary N) is 1. The van der Waals surface area contributed by atoms with Crippen LogP contribution in [0.25, 0.3) is 10.2 Å². The third-order valence-corrected chi connectivity index (χ3v) is 4.25. The van der Waals surface area contributed by atoms with Crippen molar-refractivity contribution in [1.82, 2.24) is 4.98 Å². The Morgan fingerprint density at radius 2 is 2.00 bits per heavy atom. The molecule has 0 bridgehead atoms. The van der Waals surface area contributed by atoms with Gasteiger partial charge in [-0.25, -0.2) is 4.98 Å². The Morgan fingerprint density at radius 3 is 2.71 bits per heavy atom. The molecule has 0 saturated carbocycles. The number of aromatic nitrogens is 1. The van der Waals surface area contributed by atoms with Crippen molar-refractivity contribution in [2.75, 3.05) is 5.32 Å². The molecule has 0 radical (unpaired) electrons. The van der Waals surface area contributed by atoms with Crippen molar-refractivity contribution in [2.24, 2.45) is 5.73 Å². The van der Waals surface area contributed by atoms with Gasteiger partial charge in [-0.3, -0.25) is 4.79 Å². The first-order valence-corrected chi connectivity index (χ1v) is 7.57. The van der Waals surface area contributed by atoms with E-state index in [1.165, 1.54) is 11.3 Å². The highest BCUT2D eigenvalue weighted by molar-refractivity contribution is 7.16. The number of benzene rings is 2. The van der Waals surface area contributed by atoms with Gasteiger partial charge < -0.3 is 11.1 Å². The average Bonchev–Trinajstić information content (AvgIpc) is 2.99. The predicted octanol–water partition coefficient (Wildman–Crippen LogP) is 3.66. The molecule has 0 saturated heterocycles. The fourth-order valence-electron chi connectivity index (χ4n) is 2.00. The van der Waals surface area contributed by atoms with Crippen LogP contribution >= 0.6 is 22.9 Å². The maximum absolute atomic E-state index is 12.3. The summed E-state index contributed by atoms with van der Waals surface area (Å²) >= 11 is 7.68. The number of carbonyl (C=O) groups is 1. The van der Waals surface area contributed by atoms with Gasteiger partial charge in [0.05, 0.1) is 20.9 Å². The first-order valence-electron chi connectivity index (χ1n) is 6.31. The summed E-state index contributed by atoms with van der Waals surface area (Å²) < 4.78 is 0.980. The quantitative estimate of drug-likeness (QED) is 0.774. The van der Waals surface area contributed by atoms with Crippen LogP contribution in [0.1, 0.15) is 15.9 Å². The molecule has 4 nitrogen and oxygen atoms in total. The molecule has 1 amide bonds. The molecular weight excluding hydrogens is 306 g/mol. The van der Waals surface area contributed by atoms with Crippen LogP contribution in [-0.2, 0) is 6.54 Å². The predicted molar refractivity (Wildman–Crippen MR) is 86.9 cm³/mol. The van der Waals surface area contributed by atoms with E-state index in [0.717, 1.165) is 10.3 Å². The van der Waals surface area contributed by atoms with Gasteiger partial charge in [-0.05, 0) is 29.8 Å². The van der Waals surface area contributed by atoms with Crippen molar-refractivity contribution in [3.05, 3.63) is 58.1 Å². The number of nitrogens with one attached hydrogen (secondary N) is 1. The first kappa shape index (κ1) is 14.0. The van der Waals surface area contributed by atoms with Gasteiger partial charge in [-0.1, -0.05) is 23.7 Å². The lowest BCUT2D eigenvalue weighted by Gasteiger charge is -2.08. The van der Waals surface area contributed by atoms with Crippen molar-refractivity contribution in [3.63, 3.8) is 0 Å². The van der Waals surface area contributed by atoms with Gasteiger partial charge in [0.2, 0.25) is 0 Å². The number of anilines is 1. The highest BCUT2D eigenvalue weighted by Gasteiger charge is 2.13. The lowest BCUT2D eigenvalue weighted by Crippen LogP contribution is -2.12. The van der Waals surface area contributed by atoms with E-state index in [0.29, 0.717) is 28.3 Å². The Hall–Kier alpha value is -1.95. The summed E-state index contributed by atoms with van der Waals surface area (Å²) in [6.07, 6.45) is 0. The smallest absolute Gasteiger partial charge is 0.255 e. The minimum Gasteiger partial charge on any atom is -0.326 e. The van der Waals surface area contributed by atoms with Crippen LogP contribution in [0.5, 0.6) is 0 Å². The van der Waals surface area contributed by atoms with Gasteiger partial charge in [-0.2, -0.15) is 0 Å². The van der Waals surface area contributed by atoms with Crippen molar-refractivity contribution in [2.45, 2.75) is 6.54 Å². The largest absolute Gasteiger partial charge is 0.326 e. The summed E-state index contributed by atoms with van der Waals surface area (Å²) in [6.45, 7) is 0.450. The maximum Gasteiger partial charge on any atom is 0.255 e. The third kappa shape index (κ3) is 2.76. The van der Waals surface area contributed by atoms with Crippen LogP contribution in [0, 0.1) is 0 Å². The molecule has 6 heteroatoms. The number of nitrogens with zero attached hydrogens (tertiary/aromatic N) is 1. The first-order chi connectivity index (χ1) is 10.2. The number of carbonyl (C=O) groups excluding carboxylic acids is 1. The molecule has 1 aromatic heterocycles. The molecule has 0 aliphatic heterocycles. The Kier molecular flexibility index (Phi) is 3.88. The molecule has 0 fully saturated rings. The van der Waals surface area contributed by atoms with Crippen LogP contribution in [0.3, 0.4) is 0 Å².